The number of hydrogen-bond donors (Lipinski definition) is 1. The van der Waals surface area contributed by atoms with Crippen LogP contribution in [0.4, 0.5) is 0 Å². The number of esters is 1. The van der Waals surface area contributed by atoms with Crippen molar-refractivity contribution >= 4 is 28.8 Å². The molecule has 2 aromatic rings. The summed E-state index contributed by atoms with van der Waals surface area (Å²) < 4.78 is 13.8. The second kappa shape index (κ2) is 10.8. The highest BCUT2D eigenvalue weighted by molar-refractivity contribution is 5.98. The summed E-state index contributed by atoms with van der Waals surface area (Å²) >= 11 is 0. The number of carbonyl (C=O) groups excluding carboxylic acids is 3. The maximum absolute atomic E-state index is 14.5. The van der Waals surface area contributed by atoms with Crippen molar-refractivity contribution in [2.24, 2.45) is 17.8 Å². The first-order chi connectivity index (χ1) is 19.2. The number of rotatable bonds is 12. The van der Waals surface area contributed by atoms with E-state index in [1.165, 1.54) is 6.08 Å². The fourth-order valence-corrected chi connectivity index (χ4v) is 6.97. The van der Waals surface area contributed by atoms with E-state index in [0.717, 1.165) is 5.52 Å². The Kier molecular flexibility index (Phi) is 7.54. The normalized spacial score (nSPS) is 30.5. The Labute approximate surface area is 233 Å². The van der Waals surface area contributed by atoms with Gasteiger partial charge in [0.1, 0.15) is 36.4 Å². The number of fused-ring (bicyclic) bond motifs is 2. The van der Waals surface area contributed by atoms with Crippen molar-refractivity contribution in [3.8, 4) is 0 Å². The van der Waals surface area contributed by atoms with E-state index >= 15 is 0 Å². The van der Waals surface area contributed by atoms with Crippen LogP contribution in [0.1, 0.15) is 33.1 Å². The van der Waals surface area contributed by atoms with Gasteiger partial charge in [0, 0.05) is 19.7 Å². The van der Waals surface area contributed by atoms with Crippen LogP contribution in [-0.2, 0) is 30.5 Å². The van der Waals surface area contributed by atoms with Crippen molar-refractivity contribution in [3.63, 3.8) is 0 Å². The fourth-order valence-electron chi connectivity index (χ4n) is 6.97. The van der Waals surface area contributed by atoms with E-state index in [-0.39, 0.29) is 50.7 Å². The zero-order valence-electron chi connectivity index (χ0n) is 23.1. The Morgan fingerprint density at radius 3 is 2.77 bits per heavy atom. The summed E-state index contributed by atoms with van der Waals surface area (Å²) in [6.45, 7) is 11.9. The van der Waals surface area contributed by atoms with Crippen LogP contribution in [-0.4, -0.2) is 91.2 Å². The molecule has 6 atom stereocenters. The van der Waals surface area contributed by atoms with Gasteiger partial charge in [0.2, 0.25) is 11.8 Å². The van der Waals surface area contributed by atoms with Crippen molar-refractivity contribution < 1.29 is 29.0 Å². The van der Waals surface area contributed by atoms with Gasteiger partial charge < -0.3 is 24.4 Å². The minimum atomic E-state index is -1.19. The number of aliphatic hydroxyl groups is 1. The zero-order valence-corrected chi connectivity index (χ0v) is 23.1. The number of hydrogen-bond acceptors (Lipinski definition) is 8. The number of benzene rings is 1. The highest BCUT2D eigenvalue weighted by atomic mass is 16.6. The molecule has 2 amide bonds. The summed E-state index contributed by atoms with van der Waals surface area (Å²) in [7, 11) is 0. The molecule has 3 unspecified atom stereocenters. The van der Waals surface area contributed by atoms with E-state index in [1.54, 1.807) is 20.6 Å². The number of likely N-dealkylation sites (tertiary alicyclic amines) is 1. The molecule has 0 radical (unpaired) electrons. The van der Waals surface area contributed by atoms with E-state index in [0.29, 0.717) is 24.8 Å². The van der Waals surface area contributed by atoms with Gasteiger partial charge in [0.25, 0.3) is 0 Å². The molecule has 0 saturated carbocycles. The number of unbranched alkanes of at least 4 members (excludes halogenated alkanes) is 1. The summed E-state index contributed by atoms with van der Waals surface area (Å²) in [6.07, 6.45) is 4.54. The number of nitrogens with zero attached hydrogens (tertiary/aromatic N) is 5. The molecule has 214 valence electrons. The molecule has 3 aliphatic heterocycles. The molecule has 1 aromatic heterocycles. The summed E-state index contributed by atoms with van der Waals surface area (Å²) in [5.41, 5.74) is -0.677. The minimum Gasteiger partial charge on any atom is -0.461 e. The third-order valence-corrected chi connectivity index (χ3v) is 8.84. The van der Waals surface area contributed by atoms with Gasteiger partial charge in [-0.05, 0) is 44.2 Å². The third kappa shape index (κ3) is 4.23. The minimum absolute atomic E-state index is 0.0231. The Balaban J connectivity index is 1.54. The van der Waals surface area contributed by atoms with Crippen LogP contribution in [0.2, 0.25) is 0 Å². The quantitative estimate of drug-likeness (QED) is 0.241. The Morgan fingerprint density at radius 1 is 1.27 bits per heavy atom. The zero-order chi connectivity index (χ0) is 28.7. The van der Waals surface area contributed by atoms with Crippen LogP contribution in [0.15, 0.2) is 49.6 Å². The van der Waals surface area contributed by atoms with Crippen molar-refractivity contribution in [1.82, 2.24) is 24.8 Å². The third-order valence-electron chi connectivity index (χ3n) is 8.84. The average Bonchev–Trinajstić information content (AvgIpc) is 3.61. The lowest BCUT2D eigenvalue weighted by Gasteiger charge is -2.37. The number of ether oxygens (including phenoxy) is 2. The monoisotopic (exact) mass is 551 g/mol. The highest BCUT2D eigenvalue weighted by Crippen LogP contribution is 2.65. The Bertz CT molecular complexity index is 1330. The SMILES string of the molecule is C=CCOC(=O)[C@H]1[C@H]2C(=O)N(CCCCO)C(C(=O)N(CC=C)Cn3nnc4ccccc43)C23CC(C)[C@]1(C)O3. The summed E-state index contributed by atoms with van der Waals surface area (Å²) in [6, 6.07) is 6.51. The smallest absolute Gasteiger partial charge is 0.313 e. The van der Waals surface area contributed by atoms with Crippen LogP contribution < -0.4 is 0 Å². The number of amides is 2. The number of aliphatic hydroxyl groups excluding tert-OH is 1. The second-order valence-corrected chi connectivity index (χ2v) is 11.2. The molecule has 40 heavy (non-hydrogen) atoms. The number of para-hydroxylation sites is 1. The first kappa shape index (κ1) is 28.0. The molecule has 2 bridgehead atoms. The number of carbonyl (C=O) groups is 3. The average molecular weight is 552 g/mol. The summed E-state index contributed by atoms with van der Waals surface area (Å²) in [5.74, 6) is -2.93. The lowest BCUT2D eigenvalue weighted by atomic mass is 9.62. The topological polar surface area (TPSA) is 127 Å². The molecule has 4 heterocycles. The van der Waals surface area contributed by atoms with Crippen molar-refractivity contribution in [2.45, 2.75) is 57.0 Å². The Hall–Kier alpha value is -3.57. The molecular weight excluding hydrogens is 514 g/mol. The lowest BCUT2D eigenvalue weighted by Crippen LogP contribution is -2.56. The van der Waals surface area contributed by atoms with Gasteiger partial charge in [-0.3, -0.25) is 14.4 Å². The second-order valence-electron chi connectivity index (χ2n) is 11.2. The van der Waals surface area contributed by atoms with E-state index in [9.17, 15) is 19.5 Å². The maximum atomic E-state index is 14.5. The molecule has 1 N–H and O–H groups in total. The van der Waals surface area contributed by atoms with Gasteiger partial charge >= 0.3 is 5.97 Å². The highest BCUT2D eigenvalue weighted by Gasteiger charge is 2.80. The van der Waals surface area contributed by atoms with Gasteiger partial charge in [-0.1, -0.05) is 43.0 Å². The molecule has 3 saturated heterocycles. The van der Waals surface area contributed by atoms with E-state index in [1.807, 2.05) is 38.1 Å². The summed E-state index contributed by atoms with van der Waals surface area (Å²) in [4.78, 5) is 45.2. The van der Waals surface area contributed by atoms with Crippen LogP contribution >= 0.6 is 0 Å². The van der Waals surface area contributed by atoms with E-state index in [4.69, 9.17) is 9.47 Å². The largest absolute Gasteiger partial charge is 0.461 e. The van der Waals surface area contributed by atoms with Crippen LogP contribution in [0, 0.1) is 17.8 Å². The van der Waals surface area contributed by atoms with E-state index < -0.39 is 35.0 Å². The molecule has 11 heteroatoms. The van der Waals surface area contributed by atoms with Crippen LogP contribution in [0.25, 0.3) is 11.0 Å². The van der Waals surface area contributed by atoms with Crippen LogP contribution in [0.5, 0.6) is 0 Å². The van der Waals surface area contributed by atoms with Crippen LogP contribution in [0.3, 0.4) is 0 Å². The van der Waals surface area contributed by atoms with Gasteiger partial charge in [-0.25, -0.2) is 4.68 Å². The van der Waals surface area contributed by atoms with Crippen molar-refractivity contribution in [2.75, 3.05) is 26.3 Å². The Morgan fingerprint density at radius 2 is 2.05 bits per heavy atom. The van der Waals surface area contributed by atoms with Crippen molar-refractivity contribution in [1.29, 1.82) is 0 Å². The van der Waals surface area contributed by atoms with Crippen molar-refractivity contribution in [3.05, 3.63) is 49.6 Å². The summed E-state index contributed by atoms with van der Waals surface area (Å²) in [5, 5.41) is 17.9. The molecule has 1 spiro atoms. The number of aromatic nitrogens is 3. The van der Waals surface area contributed by atoms with E-state index in [2.05, 4.69) is 23.5 Å². The maximum Gasteiger partial charge on any atom is 0.313 e. The lowest BCUT2D eigenvalue weighted by molar-refractivity contribution is -0.161. The molecule has 11 nitrogen and oxygen atoms in total. The van der Waals surface area contributed by atoms with Gasteiger partial charge in [0.05, 0.1) is 17.0 Å². The van der Waals surface area contributed by atoms with Gasteiger partial charge in [-0.15, -0.1) is 11.7 Å². The first-order valence-corrected chi connectivity index (χ1v) is 13.8. The van der Waals surface area contributed by atoms with Gasteiger partial charge in [0.15, 0.2) is 0 Å². The molecule has 5 rings (SSSR count). The fraction of sp³-hybridized carbons (Fsp3) is 0.552. The molecule has 3 aliphatic rings. The molecule has 1 aromatic carbocycles. The molecule has 3 fully saturated rings. The standard InChI is InChI=1S/C29H37N5O6/c1-5-13-32(18-34-21-12-8-7-11-20(21)30-31-34)26(37)24-29-17-19(3)28(4,40-29)23(27(38)39-16-6-2)22(29)25(36)33(24)14-9-10-15-35/h5-8,11-12,19,22-24,35H,1-2,9-10,13-18H2,3-4H3/t19?,22-,23+,24?,28-,29?/m0/s1. The predicted molar refractivity (Wildman–Crippen MR) is 145 cm³/mol. The first-order valence-electron chi connectivity index (χ1n) is 13.8. The molecule has 0 aliphatic carbocycles. The predicted octanol–water partition coefficient (Wildman–Crippen LogP) is 1.92. The molecular formula is C29H37N5O6. The van der Waals surface area contributed by atoms with Gasteiger partial charge in [-0.2, -0.15) is 0 Å².